The highest BCUT2D eigenvalue weighted by Gasteiger charge is 2.12. The Bertz CT molecular complexity index is 341. The van der Waals surface area contributed by atoms with Gasteiger partial charge in [0.15, 0.2) is 5.69 Å². The maximum Gasteiger partial charge on any atom is 0.357 e. The largest absolute Gasteiger partial charge is 0.455 e. The van der Waals surface area contributed by atoms with Crippen molar-refractivity contribution in [2.75, 3.05) is 19.5 Å². The fourth-order valence-corrected chi connectivity index (χ4v) is 1.08. The third-order valence-corrected chi connectivity index (χ3v) is 1.69. The lowest BCUT2D eigenvalue weighted by molar-refractivity contribution is 0.0114. The van der Waals surface area contributed by atoms with Gasteiger partial charge >= 0.3 is 5.97 Å². The molecule has 0 amide bonds. The predicted molar refractivity (Wildman–Crippen MR) is 55.4 cm³/mol. The summed E-state index contributed by atoms with van der Waals surface area (Å²) in [7, 11) is 1.54. The van der Waals surface area contributed by atoms with E-state index in [4.69, 9.17) is 15.2 Å². The van der Waals surface area contributed by atoms with Gasteiger partial charge in [0.1, 0.15) is 11.9 Å². The van der Waals surface area contributed by atoms with Gasteiger partial charge < -0.3 is 15.2 Å². The fraction of sp³-hybridized carbons (Fsp3) is 0.400. The number of nitrogens with zero attached hydrogens (tertiary/aromatic N) is 1. The zero-order chi connectivity index (χ0) is 11.3. The summed E-state index contributed by atoms with van der Waals surface area (Å²) in [6, 6.07) is 4.81. The van der Waals surface area contributed by atoms with E-state index in [0.717, 1.165) is 0 Å². The van der Waals surface area contributed by atoms with E-state index < -0.39 is 5.97 Å². The van der Waals surface area contributed by atoms with Crippen LogP contribution in [0.4, 0.5) is 5.82 Å². The predicted octanol–water partition coefficient (Wildman–Crippen LogP) is 0.856. The number of hydrogen-bond donors (Lipinski definition) is 1. The van der Waals surface area contributed by atoms with E-state index in [0.29, 0.717) is 12.4 Å². The SMILES string of the molecule is COCC(C)OC(=O)c1cccc(N)n1. The lowest BCUT2D eigenvalue weighted by Crippen LogP contribution is -2.20. The normalized spacial score (nSPS) is 12.1. The van der Waals surface area contributed by atoms with Crippen molar-refractivity contribution in [3.05, 3.63) is 23.9 Å². The van der Waals surface area contributed by atoms with Crippen LogP contribution in [0.1, 0.15) is 17.4 Å². The molecule has 0 fully saturated rings. The molecule has 5 nitrogen and oxygen atoms in total. The molecular formula is C10H14N2O3. The van der Waals surface area contributed by atoms with Crippen LogP contribution in [0, 0.1) is 0 Å². The third-order valence-electron chi connectivity index (χ3n) is 1.69. The van der Waals surface area contributed by atoms with Crippen LogP contribution in [0.15, 0.2) is 18.2 Å². The van der Waals surface area contributed by atoms with E-state index in [-0.39, 0.29) is 11.8 Å². The molecule has 1 aromatic heterocycles. The van der Waals surface area contributed by atoms with Crippen molar-refractivity contribution in [1.82, 2.24) is 4.98 Å². The molecule has 0 aliphatic heterocycles. The van der Waals surface area contributed by atoms with Gasteiger partial charge in [-0.05, 0) is 19.1 Å². The van der Waals surface area contributed by atoms with Crippen molar-refractivity contribution in [2.24, 2.45) is 0 Å². The van der Waals surface area contributed by atoms with Crippen LogP contribution in [0.2, 0.25) is 0 Å². The summed E-state index contributed by atoms with van der Waals surface area (Å²) in [5.74, 6) is -0.198. The molecule has 5 heteroatoms. The van der Waals surface area contributed by atoms with Crippen LogP contribution in [0.5, 0.6) is 0 Å². The van der Waals surface area contributed by atoms with Gasteiger partial charge in [0, 0.05) is 7.11 Å². The molecule has 1 unspecified atom stereocenters. The number of methoxy groups -OCH3 is 1. The number of carbonyl (C=O) groups excluding carboxylic acids is 1. The second-order valence-electron chi connectivity index (χ2n) is 3.12. The number of rotatable bonds is 4. The van der Waals surface area contributed by atoms with E-state index in [2.05, 4.69) is 4.98 Å². The zero-order valence-corrected chi connectivity index (χ0v) is 8.77. The molecule has 0 bridgehead atoms. The molecule has 0 aromatic carbocycles. The standard InChI is InChI=1S/C10H14N2O3/c1-7(6-14-2)15-10(13)8-4-3-5-9(11)12-8/h3-5,7H,6H2,1-2H3,(H2,11,12). The van der Waals surface area contributed by atoms with Gasteiger partial charge in [0.25, 0.3) is 0 Å². The summed E-state index contributed by atoms with van der Waals surface area (Å²) < 4.78 is 9.89. The minimum absolute atomic E-state index is 0.206. The van der Waals surface area contributed by atoms with E-state index in [9.17, 15) is 4.79 Å². The Hall–Kier alpha value is -1.62. The molecule has 15 heavy (non-hydrogen) atoms. The molecule has 0 saturated carbocycles. The topological polar surface area (TPSA) is 74.4 Å². The lowest BCUT2D eigenvalue weighted by atomic mass is 10.3. The van der Waals surface area contributed by atoms with Gasteiger partial charge in [-0.15, -0.1) is 0 Å². The van der Waals surface area contributed by atoms with Crippen molar-refractivity contribution < 1.29 is 14.3 Å². The van der Waals surface area contributed by atoms with Gasteiger partial charge in [0.05, 0.1) is 6.61 Å². The zero-order valence-electron chi connectivity index (χ0n) is 8.77. The molecule has 1 rings (SSSR count). The Balaban J connectivity index is 2.61. The van der Waals surface area contributed by atoms with E-state index in [1.54, 1.807) is 32.2 Å². The number of carbonyl (C=O) groups is 1. The summed E-state index contributed by atoms with van der Waals surface area (Å²) in [4.78, 5) is 15.3. The van der Waals surface area contributed by atoms with Gasteiger partial charge in [-0.2, -0.15) is 0 Å². The van der Waals surface area contributed by atoms with Crippen LogP contribution in [-0.4, -0.2) is 30.8 Å². The number of esters is 1. The molecular weight excluding hydrogens is 196 g/mol. The van der Waals surface area contributed by atoms with Crippen LogP contribution < -0.4 is 5.73 Å². The Morgan fingerprint density at radius 2 is 2.33 bits per heavy atom. The van der Waals surface area contributed by atoms with Gasteiger partial charge in [-0.1, -0.05) is 6.07 Å². The molecule has 0 saturated heterocycles. The highest BCUT2D eigenvalue weighted by Crippen LogP contribution is 2.04. The number of ether oxygens (including phenoxy) is 2. The molecule has 0 aliphatic carbocycles. The molecule has 0 aliphatic rings. The first-order valence-electron chi connectivity index (χ1n) is 4.56. The van der Waals surface area contributed by atoms with Gasteiger partial charge in [0.2, 0.25) is 0 Å². The number of aromatic nitrogens is 1. The summed E-state index contributed by atoms with van der Waals surface area (Å²) in [6.07, 6.45) is -0.300. The van der Waals surface area contributed by atoms with Crippen LogP contribution >= 0.6 is 0 Å². The highest BCUT2D eigenvalue weighted by atomic mass is 16.6. The summed E-state index contributed by atoms with van der Waals surface area (Å²) in [5, 5.41) is 0. The average Bonchev–Trinajstić information content (AvgIpc) is 2.18. The highest BCUT2D eigenvalue weighted by molar-refractivity contribution is 5.87. The number of anilines is 1. The van der Waals surface area contributed by atoms with Crippen LogP contribution in [0.3, 0.4) is 0 Å². The minimum atomic E-state index is -0.494. The second kappa shape index (κ2) is 5.31. The first kappa shape index (κ1) is 11.5. The quantitative estimate of drug-likeness (QED) is 0.746. The summed E-state index contributed by atoms with van der Waals surface area (Å²) in [6.45, 7) is 2.10. The van der Waals surface area contributed by atoms with Crippen molar-refractivity contribution >= 4 is 11.8 Å². The molecule has 1 aromatic rings. The Morgan fingerprint density at radius 3 is 2.93 bits per heavy atom. The summed E-state index contributed by atoms with van der Waals surface area (Å²) in [5.41, 5.74) is 5.65. The lowest BCUT2D eigenvalue weighted by Gasteiger charge is -2.11. The molecule has 82 valence electrons. The number of pyridine rings is 1. The Labute approximate surface area is 88.2 Å². The summed E-state index contributed by atoms with van der Waals surface area (Å²) >= 11 is 0. The Morgan fingerprint density at radius 1 is 1.60 bits per heavy atom. The molecule has 1 atom stereocenters. The molecule has 0 radical (unpaired) electrons. The van der Waals surface area contributed by atoms with Crippen molar-refractivity contribution in [3.8, 4) is 0 Å². The van der Waals surface area contributed by atoms with Gasteiger partial charge in [-0.25, -0.2) is 9.78 Å². The minimum Gasteiger partial charge on any atom is -0.455 e. The van der Waals surface area contributed by atoms with Crippen LogP contribution in [0.25, 0.3) is 0 Å². The monoisotopic (exact) mass is 210 g/mol. The maximum atomic E-state index is 11.5. The van der Waals surface area contributed by atoms with Crippen LogP contribution in [-0.2, 0) is 9.47 Å². The van der Waals surface area contributed by atoms with E-state index >= 15 is 0 Å². The van der Waals surface area contributed by atoms with Crippen molar-refractivity contribution in [2.45, 2.75) is 13.0 Å². The molecule has 2 N–H and O–H groups in total. The molecule has 1 heterocycles. The van der Waals surface area contributed by atoms with Gasteiger partial charge in [-0.3, -0.25) is 0 Å². The Kier molecular flexibility index (Phi) is 4.05. The third kappa shape index (κ3) is 3.55. The maximum absolute atomic E-state index is 11.5. The first-order valence-corrected chi connectivity index (χ1v) is 4.56. The van der Waals surface area contributed by atoms with E-state index in [1.807, 2.05) is 0 Å². The second-order valence-corrected chi connectivity index (χ2v) is 3.12. The van der Waals surface area contributed by atoms with E-state index in [1.165, 1.54) is 0 Å². The number of nitrogens with two attached hydrogens (primary N) is 1. The fourth-order valence-electron chi connectivity index (χ4n) is 1.08. The number of nitrogen functional groups attached to an aromatic ring is 1. The average molecular weight is 210 g/mol. The van der Waals surface area contributed by atoms with Crippen molar-refractivity contribution in [3.63, 3.8) is 0 Å². The first-order chi connectivity index (χ1) is 7.13. The van der Waals surface area contributed by atoms with Crippen molar-refractivity contribution in [1.29, 1.82) is 0 Å². The smallest absolute Gasteiger partial charge is 0.357 e. The molecule has 0 spiro atoms. The number of hydrogen-bond acceptors (Lipinski definition) is 5.